The van der Waals surface area contributed by atoms with E-state index in [4.69, 9.17) is 33.0 Å². The van der Waals surface area contributed by atoms with Crippen LogP contribution in [0.15, 0.2) is 54.6 Å². The van der Waals surface area contributed by atoms with Crippen LogP contribution >= 0.6 is 23.2 Å². The molecule has 1 aromatic heterocycles. The zero-order valence-electron chi connectivity index (χ0n) is 15.1. The molecule has 1 heterocycles. The number of carbonyl (C=O) groups is 1. The van der Waals surface area contributed by atoms with Crippen molar-refractivity contribution in [1.29, 1.82) is 0 Å². The van der Waals surface area contributed by atoms with Crippen LogP contribution in [0.5, 0.6) is 5.75 Å². The van der Waals surface area contributed by atoms with Crippen molar-refractivity contribution in [2.75, 3.05) is 0 Å². The normalized spacial score (nSPS) is 11.1. The minimum atomic E-state index is -1.06. The van der Waals surface area contributed by atoms with Crippen molar-refractivity contribution in [3.63, 3.8) is 0 Å². The number of halogens is 2. The minimum Gasteiger partial charge on any atom is -0.489 e. The molecule has 1 N–H and O–H groups in total. The highest BCUT2D eigenvalue weighted by Crippen LogP contribution is 2.27. The van der Waals surface area contributed by atoms with Gasteiger partial charge in [-0.3, -0.25) is 0 Å². The Labute approximate surface area is 172 Å². The Morgan fingerprint density at radius 2 is 1.96 bits per heavy atom. The Balaban J connectivity index is 1.77. The van der Waals surface area contributed by atoms with Crippen LogP contribution in [0.1, 0.15) is 22.6 Å². The summed E-state index contributed by atoms with van der Waals surface area (Å²) in [5, 5.41) is 9.65. The first-order chi connectivity index (χ1) is 13.4. The van der Waals surface area contributed by atoms with Gasteiger partial charge < -0.3 is 14.4 Å². The average Bonchev–Trinajstić information content (AvgIpc) is 2.93. The van der Waals surface area contributed by atoms with Crippen molar-refractivity contribution in [3.05, 3.63) is 87.4 Å². The molecule has 0 bridgehead atoms. The summed E-state index contributed by atoms with van der Waals surface area (Å²) in [5.74, 6) is 0.277. The van der Waals surface area contributed by atoms with Crippen molar-refractivity contribution in [3.8, 4) is 5.75 Å². The van der Waals surface area contributed by atoms with E-state index in [0.29, 0.717) is 35.4 Å². The summed E-state index contributed by atoms with van der Waals surface area (Å²) in [5.41, 5.74) is 2.43. The summed E-state index contributed by atoms with van der Waals surface area (Å²) >= 11 is 12.6. The molecule has 2 aromatic carbocycles. The van der Waals surface area contributed by atoms with Gasteiger partial charge in [0.2, 0.25) is 0 Å². The maximum atomic E-state index is 10.8. The number of rotatable bonds is 7. The molecule has 0 aliphatic heterocycles. The number of aliphatic carboxylic acids is 1. The molecule has 0 atom stereocenters. The van der Waals surface area contributed by atoms with Gasteiger partial charge in [0.15, 0.2) is 5.15 Å². The van der Waals surface area contributed by atoms with Gasteiger partial charge in [-0.1, -0.05) is 59.6 Å². The second-order valence-corrected chi connectivity index (χ2v) is 6.89. The molecule has 5 nitrogen and oxygen atoms in total. The molecule has 7 heteroatoms. The summed E-state index contributed by atoms with van der Waals surface area (Å²) in [6.07, 6.45) is 2.46. The fourth-order valence-electron chi connectivity index (χ4n) is 2.71. The zero-order valence-corrected chi connectivity index (χ0v) is 16.6. The van der Waals surface area contributed by atoms with Crippen LogP contribution in [-0.2, 0) is 17.9 Å². The van der Waals surface area contributed by atoms with Gasteiger partial charge in [0.05, 0.1) is 12.2 Å². The number of aromatic nitrogens is 2. The Kier molecular flexibility index (Phi) is 6.39. The largest absolute Gasteiger partial charge is 0.489 e. The van der Waals surface area contributed by atoms with Crippen LogP contribution in [0, 0.1) is 6.92 Å². The number of aryl methyl sites for hydroxylation is 1. The molecular formula is C21H18Cl2N2O3. The summed E-state index contributed by atoms with van der Waals surface area (Å²) in [7, 11) is 0. The van der Waals surface area contributed by atoms with E-state index >= 15 is 0 Å². The van der Waals surface area contributed by atoms with E-state index in [9.17, 15) is 4.79 Å². The third-order valence-electron chi connectivity index (χ3n) is 4.14. The minimum absolute atomic E-state index is 0.244. The average molecular weight is 417 g/mol. The Hall–Kier alpha value is -2.76. The molecule has 144 valence electrons. The second-order valence-electron chi connectivity index (χ2n) is 6.12. The van der Waals surface area contributed by atoms with E-state index in [0.717, 1.165) is 17.2 Å². The summed E-state index contributed by atoms with van der Waals surface area (Å²) < 4.78 is 7.61. The maximum Gasteiger partial charge on any atom is 0.328 e. The van der Waals surface area contributed by atoms with Gasteiger partial charge in [-0.05, 0) is 36.3 Å². The lowest BCUT2D eigenvalue weighted by Crippen LogP contribution is -2.05. The smallest absolute Gasteiger partial charge is 0.328 e. The fraction of sp³-hybridized carbons (Fsp3) is 0.143. The third-order valence-corrected chi connectivity index (χ3v) is 4.77. The first kappa shape index (κ1) is 20.0. The van der Waals surface area contributed by atoms with Gasteiger partial charge in [-0.25, -0.2) is 9.78 Å². The molecule has 28 heavy (non-hydrogen) atoms. The third kappa shape index (κ3) is 4.94. The van der Waals surface area contributed by atoms with E-state index in [-0.39, 0.29) is 5.15 Å². The molecule has 3 aromatic rings. The van der Waals surface area contributed by atoms with Gasteiger partial charge >= 0.3 is 5.97 Å². The highest BCUT2D eigenvalue weighted by atomic mass is 35.5. The highest BCUT2D eigenvalue weighted by Gasteiger charge is 2.13. The molecule has 0 amide bonds. The van der Waals surface area contributed by atoms with E-state index in [1.807, 2.05) is 47.0 Å². The standard InChI is InChI=1S/C21H18Cl2N2O3/c1-14-24-21(23)19(9-10-20(26)27)25(14)12-16-7-8-17(11-18(16)22)28-13-15-5-3-2-4-6-15/h2-11H,12-13H2,1H3,(H,26,27). The molecule has 0 aliphatic rings. The number of nitrogens with zero attached hydrogens (tertiary/aromatic N) is 2. The molecular weight excluding hydrogens is 399 g/mol. The van der Waals surface area contributed by atoms with Gasteiger partial charge in [0, 0.05) is 11.1 Å². The summed E-state index contributed by atoms with van der Waals surface area (Å²) in [4.78, 5) is 15.0. The molecule has 0 spiro atoms. The van der Waals surface area contributed by atoms with Crippen molar-refractivity contribution in [2.45, 2.75) is 20.1 Å². The Bertz CT molecular complexity index is 1010. The van der Waals surface area contributed by atoms with Crippen LogP contribution in [0.3, 0.4) is 0 Å². The van der Waals surface area contributed by atoms with Crippen molar-refractivity contribution >= 4 is 35.2 Å². The Morgan fingerprint density at radius 3 is 2.64 bits per heavy atom. The SMILES string of the molecule is Cc1nc(Cl)c(C=CC(=O)O)n1Cc1ccc(OCc2ccccc2)cc1Cl. The molecule has 0 radical (unpaired) electrons. The topological polar surface area (TPSA) is 64.3 Å². The first-order valence-electron chi connectivity index (χ1n) is 8.53. The summed E-state index contributed by atoms with van der Waals surface area (Å²) in [6.45, 7) is 2.66. The van der Waals surface area contributed by atoms with Crippen LogP contribution in [-0.4, -0.2) is 20.6 Å². The molecule has 0 fully saturated rings. The van der Waals surface area contributed by atoms with E-state index < -0.39 is 5.97 Å². The number of benzene rings is 2. The number of hydrogen-bond acceptors (Lipinski definition) is 3. The monoisotopic (exact) mass is 416 g/mol. The van der Waals surface area contributed by atoms with Crippen LogP contribution in [0.4, 0.5) is 0 Å². The van der Waals surface area contributed by atoms with Crippen molar-refractivity contribution < 1.29 is 14.6 Å². The van der Waals surface area contributed by atoms with E-state index in [2.05, 4.69) is 4.98 Å². The summed E-state index contributed by atoms with van der Waals surface area (Å²) in [6, 6.07) is 15.4. The lowest BCUT2D eigenvalue weighted by molar-refractivity contribution is -0.131. The molecule has 0 saturated heterocycles. The predicted molar refractivity (Wildman–Crippen MR) is 110 cm³/mol. The number of carboxylic acid groups (broad SMARTS) is 1. The number of ether oxygens (including phenoxy) is 1. The van der Waals surface area contributed by atoms with Gasteiger partial charge in [-0.15, -0.1) is 0 Å². The quantitative estimate of drug-likeness (QED) is 0.535. The highest BCUT2D eigenvalue weighted by molar-refractivity contribution is 6.31. The van der Waals surface area contributed by atoms with Gasteiger partial charge in [0.25, 0.3) is 0 Å². The lowest BCUT2D eigenvalue weighted by Gasteiger charge is -2.12. The Morgan fingerprint density at radius 1 is 1.21 bits per heavy atom. The molecule has 0 unspecified atom stereocenters. The van der Waals surface area contributed by atoms with E-state index in [1.54, 1.807) is 13.0 Å². The van der Waals surface area contributed by atoms with Gasteiger partial charge in [0.1, 0.15) is 18.2 Å². The number of hydrogen-bond donors (Lipinski definition) is 1. The predicted octanol–water partition coefficient (Wildman–Crippen LogP) is 5.22. The van der Waals surface area contributed by atoms with Gasteiger partial charge in [-0.2, -0.15) is 0 Å². The molecule has 0 aliphatic carbocycles. The molecule has 3 rings (SSSR count). The van der Waals surface area contributed by atoms with Crippen LogP contribution < -0.4 is 4.74 Å². The van der Waals surface area contributed by atoms with Crippen LogP contribution in [0.2, 0.25) is 10.2 Å². The van der Waals surface area contributed by atoms with Crippen molar-refractivity contribution in [1.82, 2.24) is 9.55 Å². The molecule has 0 saturated carbocycles. The lowest BCUT2D eigenvalue weighted by atomic mass is 10.2. The zero-order chi connectivity index (χ0) is 20.1. The number of carboxylic acids is 1. The van der Waals surface area contributed by atoms with E-state index in [1.165, 1.54) is 6.08 Å². The number of imidazole rings is 1. The van der Waals surface area contributed by atoms with Crippen molar-refractivity contribution in [2.24, 2.45) is 0 Å². The fourth-order valence-corrected chi connectivity index (χ4v) is 3.23. The first-order valence-corrected chi connectivity index (χ1v) is 9.28. The maximum absolute atomic E-state index is 10.8. The van der Waals surface area contributed by atoms with Crippen LogP contribution in [0.25, 0.3) is 6.08 Å². The second kappa shape index (κ2) is 8.95.